The molecule has 5 heteroatoms. The summed E-state index contributed by atoms with van der Waals surface area (Å²) >= 11 is 3.28. The molecule has 0 heterocycles. The third kappa shape index (κ3) is 3.09. The van der Waals surface area contributed by atoms with Crippen LogP contribution in [-0.4, -0.2) is 0 Å². The summed E-state index contributed by atoms with van der Waals surface area (Å²) < 4.78 is 31.5. The Kier molecular flexibility index (Phi) is 4.13. The van der Waals surface area contributed by atoms with Crippen molar-refractivity contribution in [1.29, 1.82) is 5.26 Å². The van der Waals surface area contributed by atoms with Crippen LogP contribution < -0.4 is 4.74 Å². The fraction of sp³-hybridized carbons (Fsp3) is 0.0714. The first kappa shape index (κ1) is 13.5. The zero-order chi connectivity index (χ0) is 13.8. The van der Waals surface area contributed by atoms with Gasteiger partial charge in [-0.2, -0.15) is 5.26 Å². The van der Waals surface area contributed by atoms with Crippen molar-refractivity contribution in [2.24, 2.45) is 0 Å². The topological polar surface area (TPSA) is 33.0 Å². The molecular formula is C14H8BrF2NO. The minimum absolute atomic E-state index is 0.121. The maximum absolute atomic E-state index is 13.5. The van der Waals surface area contributed by atoms with Gasteiger partial charge in [0.1, 0.15) is 17.6 Å². The average Bonchev–Trinajstić information content (AvgIpc) is 2.42. The van der Waals surface area contributed by atoms with Gasteiger partial charge >= 0.3 is 0 Å². The number of benzene rings is 2. The first-order valence-electron chi connectivity index (χ1n) is 5.36. The van der Waals surface area contributed by atoms with Gasteiger partial charge in [-0.1, -0.05) is 22.0 Å². The lowest BCUT2D eigenvalue weighted by atomic mass is 10.1. The largest absolute Gasteiger partial charge is 0.453 e. The number of hydrogen-bond acceptors (Lipinski definition) is 2. The van der Waals surface area contributed by atoms with Gasteiger partial charge in [-0.25, -0.2) is 8.78 Å². The number of rotatable bonds is 3. The highest BCUT2D eigenvalue weighted by molar-refractivity contribution is 9.08. The summed E-state index contributed by atoms with van der Waals surface area (Å²) in [5.74, 6) is -1.38. The SMILES string of the molecule is N#Cc1cc(CBr)ccc1Oc1ccc(F)cc1F. The highest BCUT2D eigenvalue weighted by atomic mass is 79.9. The molecule has 0 fully saturated rings. The van der Waals surface area contributed by atoms with Crippen LogP contribution in [0.15, 0.2) is 36.4 Å². The van der Waals surface area contributed by atoms with Crippen molar-refractivity contribution in [3.05, 3.63) is 59.2 Å². The monoisotopic (exact) mass is 323 g/mol. The van der Waals surface area contributed by atoms with Crippen LogP contribution >= 0.6 is 15.9 Å². The molecule has 0 amide bonds. The van der Waals surface area contributed by atoms with Crippen LogP contribution in [0.5, 0.6) is 11.5 Å². The first-order valence-corrected chi connectivity index (χ1v) is 6.48. The fourth-order valence-electron chi connectivity index (χ4n) is 1.51. The minimum Gasteiger partial charge on any atom is -0.453 e. The molecule has 0 atom stereocenters. The molecule has 0 aliphatic carbocycles. The predicted molar refractivity (Wildman–Crippen MR) is 70.2 cm³/mol. The van der Waals surface area contributed by atoms with E-state index >= 15 is 0 Å². The van der Waals surface area contributed by atoms with Gasteiger partial charge in [-0.05, 0) is 29.8 Å². The maximum Gasteiger partial charge on any atom is 0.168 e. The molecule has 0 aromatic heterocycles. The van der Waals surface area contributed by atoms with Gasteiger partial charge in [-0.3, -0.25) is 0 Å². The van der Waals surface area contributed by atoms with Crippen molar-refractivity contribution in [2.75, 3.05) is 0 Å². The molecule has 0 aliphatic heterocycles. The maximum atomic E-state index is 13.5. The van der Waals surface area contributed by atoms with Crippen molar-refractivity contribution in [2.45, 2.75) is 5.33 Å². The molecule has 0 aliphatic rings. The molecule has 0 saturated carbocycles. The Bertz CT molecular complexity index is 652. The Labute approximate surface area is 117 Å². The second-order valence-electron chi connectivity index (χ2n) is 3.75. The van der Waals surface area contributed by atoms with Gasteiger partial charge in [-0.15, -0.1) is 0 Å². The highest BCUT2D eigenvalue weighted by Gasteiger charge is 2.10. The van der Waals surface area contributed by atoms with Crippen LogP contribution in [0.2, 0.25) is 0 Å². The molecule has 2 nitrogen and oxygen atoms in total. The number of ether oxygens (including phenoxy) is 1. The fourth-order valence-corrected chi connectivity index (χ4v) is 1.86. The van der Waals surface area contributed by atoms with Crippen LogP contribution in [0, 0.1) is 23.0 Å². The molecule has 0 bridgehead atoms. The van der Waals surface area contributed by atoms with E-state index in [-0.39, 0.29) is 11.5 Å². The number of halogens is 3. The Morgan fingerprint density at radius 3 is 2.47 bits per heavy atom. The van der Waals surface area contributed by atoms with E-state index in [4.69, 9.17) is 10.00 Å². The molecule has 2 aromatic rings. The van der Waals surface area contributed by atoms with E-state index in [1.54, 1.807) is 18.2 Å². The third-order valence-corrected chi connectivity index (χ3v) is 3.08. The zero-order valence-electron chi connectivity index (χ0n) is 9.66. The first-order chi connectivity index (χ1) is 9.13. The highest BCUT2D eigenvalue weighted by Crippen LogP contribution is 2.28. The molecule has 96 valence electrons. The van der Waals surface area contributed by atoms with Crippen LogP contribution in [0.3, 0.4) is 0 Å². The summed E-state index contributed by atoms with van der Waals surface area (Å²) in [6.45, 7) is 0. The summed E-state index contributed by atoms with van der Waals surface area (Å²) in [7, 11) is 0. The summed E-state index contributed by atoms with van der Waals surface area (Å²) in [5.41, 5.74) is 1.20. The Morgan fingerprint density at radius 1 is 1.11 bits per heavy atom. The molecule has 19 heavy (non-hydrogen) atoms. The molecular weight excluding hydrogens is 316 g/mol. The number of hydrogen-bond donors (Lipinski definition) is 0. The van der Waals surface area contributed by atoms with Crippen molar-refractivity contribution in [1.82, 2.24) is 0 Å². The Balaban J connectivity index is 2.35. The van der Waals surface area contributed by atoms with Crippen LogP contribution in [0.25, 0.3) is 0 Å². The van der Waals surface area contributed by atoms with Crippen molar-refractivity contribution in [3.63, 3.8) is 0 Å². The van der Waals surface area contributed by atoms with Crippen molar-refractivity contribution in [3.8, 4) is 17.6 Å². The standard InChI is InChI=1S/C14H8BrF2NO/c15-7-9-1-3-13(10(5-9)8-18)19-14-4-2-11(16)6-12(14)17/h1-6H,7H2. The summed E-state index contributed by atoms with van der Waals surface area (Å²) in [5, 5.41) is 9.63. The van der Waals surface area contributed by atoms with Crippen molar-refractivity contribution >= 4 is 15.9 Å². The number of nitriles is 1. The quantitative estimate of drug-likeness (QED) is 0.778. The molecule has 0 unspecified atom stereocenters. The second-order valence-corrected chi connectivity index (χ2v) is 4.31. The molecule has 2 rings (SSSR count). The van der Waals surface area contributed by atoms with E-state index in [2.05, 4.69) is 15.9 Å². The number of nitrogens with zero attached hydrogens (tertiary/aromatic N) is 1. The summed E-state index contributed by atoms with van der Waals surface area (Å²) in [4.78, 5) is 0. The van der Waals surface area contributed by atoms with Gasteiger partial charge in [0.25, 0.3) is 0 Å². The van der Waals surface area contributed by atoms with E-state index in [1.807, 2.05) is 6.07 Å². The molecule has 2 aromatic carbocycles. The lowest BCUT2D eigenvalue weighted by Crippen LogP contribution is -1.93. The van der Waals surface area contributed by atoms with E-state index in [0.29, 0.717) is 10.9 Å². The van der Waals surface area contributed by atoms with Crippen molar-refractivity contribution < 1.29 is 13.5 Å². The van der Waals surface area contributed by atoms with E-state index in [1.165, 1.54) is 6.07 Å². The Hall–Kier alpha value is -1.93. The third-order valence-electron chi connectivity index (χ3n) is 2.43. The summed E-state index contributed by atoms with van der Waals surface area (Å²) in [6.07, 6.45) is 0. The molecule has 0 spiro atoms. The normalized spacial score (nSPS) is 10.0. The second kappa shape index (κ2) is 5.81. The van der Waals surface area contributed by atoms with Gasteiger partial charge in [0.05, 0.1) is 5.56 Å². The number of alkyl halides is 1. The zero-order valence-corrected chi connectivity index (χ0v) is 11.2. The smallest absolute Gasteiger partial charge is 0.168 e. The van der Waals surface area contributed by atoms with Gasteiger partial charge < -0.3 is 4.74 Å². The van der Waals surface area contributed by atoms with Crippen LogP contribution in [-0.2, 0) is 5.33 Å². The Morgan fingerprint density at radius 2 is 1.84 bits per heavy atom. The van der Waals surface area contributed by atoms with Gasteiger partial charge in [0.15, 0.2) is 11.6 Å². The van der Waals surface area contributed by atoms with Crippen LogP contribution in [0.4, 0.5) is 8.78 Å². The average molecular weight is 324 g/mol. The predicted octanol–water partition coefficient (Wildman–Crippen LogP) is 4.52. The van der Waals surface area contributed by atoms with Gasteiger partial charge in [0, 0.05) is 11.4 Å². The van der Waals surface area contributed by atoms with E-state index < -0.39 is 11.6 Å². The molecule has 0 saturated heterocycles. The van der Waals surface area contributed by atoms with Gasteiger partial charge in [0.2, 0.25) is 0 Å². The minimum atomic E-state index is -0.812. The lowest BCUT2D eigenvalue weighted by Gasteiger charge is -2.09. The van der Waals surface area contributed by atoms with E-state index in [9.17, 15) is 8.78 Å². The molecule has 0 N–H and O–H groups in total. The molecule has 0 radical (unpaired) electrons. The van der Waals surface area contributed by atoms with Crippen LogP contribution in [0.1, 0.15) is 11.1 Å². The summed E-state index contributed by atoms with van der Waals surface area (Å²) in [6, 6.07) is 9.97. The van der Waals surface area contributed by atoms with E-state index in [0.717, 1.165) is 17.7 Å². The lowest BCUT2D eigenvalue weighted by molar-refractivity contribution is 0.436.